The van der Waals surface area contributed by atoms with Crippen molar-refractivity contribution in [3.63, 3.8) is 0 Å². The van der Waals surface area contributed by atoms with Crippen molar-refractivity contribution in [2.45, 2.75) is 64.9 Å². The first-order chi connectivity index (χ1) is 28.2. The first-order valence-corrected chi connectivity index (χ1v) is 19.3. The lowest BCUT2D eigenvalue weighted by Gasteiger charge is -2.19. The van der Waals surface area contributed by atoms with Gasteiger partial charge in [0, 0.05) is 121 Å². The molecule has 0 aromatic heterocycles. The molecule has 0 aromatic carbocycles. The van der Waals surface area contributed by atoms with Gasteiger partial charge in [-0.05, 0) is 26.7 Å². The number of unbranched alkanes of at least 4 members (excludes halogenated alkanes) is 1. The SMILES string of the molecule is CCNC(=O)OCC(COC(=O)NCC)OCCCCC(=O)C(CC(=O)NCCNC(=O)CCN1C(=O)C=CC1=O)CC(=O)NCCNC(=O)CCN1C(=O)C=CC1=O. The molecule has 0 radical (unpaired) electrons. The summed E-state index contributed by atoms with van der Waals surface area (Å²) in [6.45, 7) is 3.59. The molecule has 6 N–H and O–H groups in total. The second-order valence-electron chi connectivity index (χ2n) is 13.0. The zero-order valence-corrected chi connectivity index (χ0v) is 33.3. The number of ether oxygens (including phenoxy) is 3. The zero-order valence-electron chi connectivity index (χ0n) is 33.3. The number of carbonyl (C=O) groups is 11. The van der Waals surface area contributed by atoms with E-state index in [4.69, 9.17) is 14.2 Å². The van der Waals surface area contributed by atoms with Crippen LogP contribution < -0.4 is 31.9 Å². The number of carbonyl (C=O) groups excluding carboxylic acids is 11. The first-order valence-electron chi connectivity index (χ1n) is 19.3. The van der Waals surface area contributed by atoms with Crippen LogP contribution >= 0.6 is 0 Å². The Morgan fingerprint density at radius 1 is 0.542 bits per heavy atom. The zero-order chi connectivity index (χ0) is 43.6. The quantitative estimate of drug-likeness (QED) is 0.0355. The first kappa shape index (κ1) is 49.0. The Kier molecular flexibility index (Phi) is 22.8. The van der Waals surface area contributed by atoms with Crippen LogP contribution in [0.5, 0.6) is 0 Å². The van der Waals surface area contributed by atoms with Crippen molar-refractivity contribution in [1.29, 1.82) is 0 Å². The number of imide groups is 2. The van der Waals surface area contributed by atoms with Gasteiger partial charge in [0.2, 0.25) is 23.6 Å². The van der Waals surface area contributed by atoms with E-state index >= 15 is 0 Å². The maximum Gasteiger partial charge on any atom is 0.407 e. The Bertz CT molecular complexity index is 1460. The molecule has 22 nitrogen and oxygen atoms in total. The second-order valence-corrected chi connectivity index (χ2v) is 13.0. The van der Waals surface area contributed by atoms with Crippen LogP contribution in [-0.4, -0.2) is 153 Å². The van der Waals surface area contributed by atoms with Crippen LogP contribution in [0.15, 0.2) is 24.3 Å². The van der Waals surface area contributed by atoms with E-state index in [2.05, 4.69) is 31.9 Å². The highest BCUT2D eigenvalue weighted by Crippen LogP contribution is 2.15. The third kappa shape index (κ3) is 20.2. The summed E-state index contributed by atoms with van der Waals surface area (Å²) in [4.78, 5) is 135. The molecule has 0 aromatic rings. The number of hydrogen-bond donors (Lipinski definition) is 6. The maximum atomic E-state index is 13.3. The Morgan fingerprint density at radius 2 is 0.932 bits per heavy atom. The van der Waals surface area contributed by atoms with E-state index in [0.29, 0.717) is 25.9 Å². The fourth-order valence-electron chi connectivity index (χ4n) is 5.33. The van der Waals surface area contributed by atoms with Gasteiger partial charge in [0.05, 0.1) is 0 Å². The molecule has 0 saturated heterocycles. The van der Waals surface area contributed by atoms with Gasteiger partial charge < -0.3 is 46.1 Å². The van der Waals surface area contributed by atoms with Crippen molar-refractivity contribution < 1.29 is 67.0 Å². The fraction of sp³-hybridized carbons (Fsp3) is 0.595. The van der Waals surface area contributed by atoms with Crippen molar-refractivity contribution in [3.8, 4) is 0 Å². The summed E-state index contributed by atoms with van der Waals surface area (Å²) < 4.78 is 15.9. The highest BCUT2D eigenvalue weighted by molar-refractivity contribution is 6.13. The van der Waals surface area contributed by atoms with Crippen LogP contribution in [0.25, 0.3) is 0 Å². The molecular formula is C37H54N8O14. The van der Waals surface area contributed by atoms with Gasteiger partial charge in [0.1, 0.15) is 25.1 Å². The van der Waals surface area contributed by atoms with Crippen LogP contribution in [0.4, 0.5) is 9.59 Å². The van der Waals surface area contributed by atoms with Gasteiger partial charge in [-0.25, -0.2) is 9.59 Å². The molecule has 0 bridgehead atoms. The molecule has 0 aliphatic carbocycles. The molecule has 0 fully saturated rings. The number of amides is 10. The Balaban J connectivity index is 1.85. The van der Waals surface area contributed by atoms with Crippen molar-refractivity contribution in [3.05, 3.63) is 24.3 Å². The van der Waals surface area contributed by atoms with Crippen LogP contribution in [0.2, 0.25) is 0 Å². The van der Waals surface area contributed by atoms with E-state index in [9.17, 15) is 52.7 Å². The molecule has 22 heteroatoms. The van der Waals surface area contributed by atoms with Crippen LogP contribution in [-0.2, 0) is 57.4 Å². The summed E-state index contributed by atoms with van der Waals surface area (Å²) in [6.07, 6.45) is 1.95. The molecule has 0 unspecified atom stereocenters. The Labute approximate surface area is 340 Å². The van der Waals surface area contributed by atoms with Gasteiger partial charge in [-0.1, -0.05) is 0 Å². The molecule has 2 heterocycles. The number of nitrogens with one attached hydrogen (secondary N) is 6. The summed E-state index contributed by atoms with van der Waals surface area (Å²) in [5.74, 6) is -5.50. The molecule has 2 aliphatic heterocycles. The number of hydrogen-bond acceptors (Lipinski definition) is 14. The predicted octanol–water partition coefficient (Wildman–Crippen LogP) is -1.91. The third-order valence-electron chi connectivity index (χ3n) is 8.40. The third-order valence-corrected chi connectivity index (χ3v) is 8.40. The lowest BCUT2D eigenvalue weighted by molar-refractivity contribution is -0.139. The highest BCUT2D eigenvalue weighted by Gasteiger charge is 2.26. The molecular weight excluding hydrogens is 780 g/mol. The lowest BCUT2D eigenvalue weighted by atomic mass is 9.92. The van der Waals surface area contributed by atoms with Gasteiger partial charge in [-0.15, -0.1) is 0 Å². The lowest BCUT2D eigenvalue weighted by Crippen LogP contribution is -2.39. The largest absolute Gasteiger partial charge is 0.447 e. The van der Waals surface area contributed by atoms with Gasteiger partial charge in [0.25, 0.3) is 23.6 Å². The molecule has 0 spiro atoms. The fourth-order valence-corrected chi connectivity index (χ4v) is 5.33. The van der Waals surface area contributed by atoms with Crippen LogP contribution in [0.1, 0.15) is 58.8 Å². The minimum atomic E-state index is -1.03. The van der Waals surface area contributed by atoms with E-state index in [1.165, 1.54) is 0 Å². The van der Waals surface area contributed by atoms with E-state index in [-0.39, 0.29) is 97.0 Å². The molecule has 2 rings (SSSR count). The molecule has 326 valence electrons. The van der Waals surface area contributed by atoms with Gasteiger partial charge >= 0.3 is 12.2 Å². The van der Waals surface area contributed by atoms with Gasteiger partial charge in [-0.2, -0.15) is 0 Å². The number of alkyl carbamates (subject to hydrolysis) is 2. The molecule has 0 saturated carbocycles. The number of Topliss-reactive ketones (excluding diaryl/α,β-unsaturated/α-hetero) is 1. The summed E-state index contributed by atoms with van der Waals surface area (Å²) in [5, 5.41) is 15.3. The number of ketones is 1. The minimum Gasteiger partial charge on any atom is -0.447 e. The summed E-state index contributed by atoms with van der Waals surface area (Å²) in [6, 6.07) is 0. The van der Waals surface area contributed by atoms with E-state index in [0.717, 1.165) is 34.1 Å². The van der Waals surface area contributed by atoms with Crippen molar-refractivity contribution in [1.82, 2.24) is 41.7 Å². The Morgan fingerprint density at radius 3 is 1.32 bits per heavy atom. The average Bonchev–Trinajstić information content (AvgIpc) is 3.70. The molecule has 10 amide bonds. The van der Waals surface area contributed by atoms with Crippen molar-refractivity contribution in [2.75, 3.05) is 72.2 Å². The maximum absolute atomic E-state index is 13.3. The summed E-state index contributed by atoms with van der Waals surface area (Å²) in [7, 11) is 0. The number of nitrogens with zero attached hydrogens (tertiary/aromatic N) is 2. The smallest absolute Gasteiger partial charge is 0.407 e. The van der Waals surface area contributed by atoms with E-state index in [1.807, 2.05) is 0 Å². The second kappa shape index (κ2) is 27.4. The van der Waals surface area contributed by atoms with Crippen LogP contribution in [0.3, 0.4) is 0 Å². The average molecular weight is 835 g/mol. The van der Waals surface area contributed by atoms with Crippen molar-refractivity contribution in [2.24, 2.45) is 5.92 Å². The van der Waals surface area contributed by atoms with Crippen LogP contribution in [0, 0.1) is 5.92 Å². The molecule has 0 atom stereocenters. The van der Waals surface area contributed by atoms with Gasteiger partial charge in [0.15, 0.2) is 0 Å². The monoisotopic (exact) mass is 834 g/mol. The standard InChI is InChI=1S/C37H54N8O14/c1-3-38-36(55)58-23-26(24-59-37(56)39-4-2)57-20-6-5-7-27(46)25(21-30(49)42-16-14-40-28(47)12-18-44-32(51)8-9-33(44)52)22-31(50)43-17-15-41-29(48)13-19-45-34(53)10-11-35(45)54/h8-11,25-26H,3-7,12-24H2,1-2H3,(H,38,55)(H,39,56)(H,40,47)(H,41,48)(H,42,49)(H,43,50). The molecule has 59 heavy (non-hydrogen) atoms. The Hall–Kier alpha value is -6.19. The van der Waals surface area contributed by atoms with E-state index < -0.39 is 71.5 Å². The predicted molar refractivity (Wildman–Crippen MR) is 204 cm³/mol. The topological polar surface area (TPSA) is 294 Å². The summed E-state index contributed by atoms with van der Waals surface area (Å²) in [5.41, 5.74) is 0. The minimum absolute atomic E-state index is 0.0107. The van der Waals surface area contributed by atoms with E-state index in [1.54, 1.807) is 13.8 Å². The molecule has 2 aliphatic rings. The normalized spacial score (nSPS) is 13.2. The number of rotatable bonds is 29. The highest BCUT2D eigenvalue weighted by atomic mass is 16.6. The summed E-state index contributed by atoms with van der Waals surface area (Å²) >= 11 is 0. The van der Waals surface area contributed by atoms with Gasteiger partial charge in [-0.3, -0.25) is 53.0 Å². The van der Waals surface area contributed by atoms with Crippen molar-refractivity contribution >= 4 is 65.2 Å².